The molecule has 3 aromatic rings. The fourth-order valence-electron chi connectivity index (χ4n) is 4.57. The van der Waals surface area contributed by atoms with Crippen molar-refractivity contribution in [2.45, 2.75) is 50.7 Å². The van der Waals surface area contributed by atoms with E-state index in [1.165, 1.54) is 16.4 Å². The molecule has 1 heterocycles. The van der Waals surface area contributed by atoms with Gasteiger partial charge in [0.05, 0.1) is 13.0 Å². The Morgan fingerprint density at radius 2 is 1.86 bits per heavy atom. The number of ether oxygens (including phenoxy) is 1. The van der Waals surface area contributed by atoms with Crippen molar-refractivity contribution in [2.24, 2.45) is 0 Å². The maximum Gasteiger partial charge on any atom is 0.304 e. The molecule has 0 saturated heterocycles. The number of carboxylic acid groups (broad SMARTS) is 1. The Labute approximate surface area is 205 Å². The number of aliphatic carboxylic acids is 1. The van der Waals surface area contributed by atoms with E-state index < -0.39 is 21.9 Å². The molecule has 2 atom stereocenters. The van der Waals surface area contributed by atoms with Gasteiger partial charge in [0.25, 0.3) is 0 Å². The fourth-order valence-corrected chi connectivity index (χ4v) is 6.18. The van der Waals surface area contributed by atoms with Crippen LogP contribution in [-0.4, -0.2) is 36.4 Å². The normalized spacial score (nSPS) is 18.2. The van der Waals surface area contributed by atoms with Crippen LogP contribution in [0.5, 0.6) is 5.75 Å². The van der Waals surface area contributed by atoms with Gasteiger partial charge >= 0.3 is 5.97 Å². The van der Waals surface area contributed by atoms with Crippen LogP contribution in [0.25, 0.3) is 0 Å². The molecule has 6 nitrogen and oxygen atoms in total. The van der Waals surface area contributed by atoms with Crippen molar-refractivity contribution in [3.05, 3.63) is 94.3 Å². The number of hydrogen-bond acceptors (Lipinski definition) is 4. The molecule has 0 spiro atoms. The summed E-state index contributed by atoms with van der Waals surface area (Å²) >= 11 is 0. The summed E-state index contributed by atoms with van der Waals surface area (Å²) in [5.41, 5.74) is 3.78. The van der Waals surface area contributed by atoms with Crippen LogP contribution < -0.4 is 4.74 Å². The predicted octanol–water partition coefficient (Wildman–Crippen LogP) is 5.02. The molecular formula is C27H28FNO5S. The Hall–Kier alpha value is -3.23. The van der Waals surface area contributed by atoms with Gasteiger partial charge in [-0.1, -0.05) is 36.4 Å². The third-order valence-electron chi connectivity index (χ3n) is 6.36. The number of carbonyl (C=O) groups is 1. The number of benzene rings is 3. The maximum absolute atomic E-state index is 13.7. The van der Waals surface area contributed by atoms with E-state index in [1.54, 1.807) is 37.3 Å². The van der Waals surface area contributed by atoms with Crippen molar-refractivity contribution >= 4 is 16.0 Å². The molecule has 1 aliphatic rings. The lowest BCUT2D eigenvalue weighted by Gasteiger charge is -2.24. The van der Waals surface area contributed by atoms with Crippen LogP contribution in [0, 0.1) is 19.7 Å². The van der Waals surface area contributed by atoms with Crippen molar-refractivity contribution in [1.29, 1.82) is 0 Å². The van der Waals surface area contributed by atoms with Crippen molar-refractivity contribution in [1.82, 2.24) is 4.31 Å². The van der Waals surface area contributed by atoms with Gasteiger partial charge in [-0.15, -0.1) is 0 Å². The summed E-state index contributed by atoms with van der Waals surface area (Å²) in [6.07, 6.45) is -0.520. The molecule has 0 aromatic heterocycles. The Morgan fingerprint density at radius 3 is 2.57 bits per heavy atom. The Balaban J connectivity index is 1.74. The number of halogens is 1. The number of aryl methyl sites for hydroxylation is 2. The van der Waals surface area contributed by atoms with E-state index in [2.05, 4.69) is 0 Å². The highest BCUT2D eigenvalue weighted by Crippen LogP contribution is 2.34. The summed E-state index contributed by atoms with van der Waals surface area (Å²) in [6, 6.07) is 16.5. The highest BCUT2D eigenvalue weighted by molar-refractivity contribution is 7.89. The van der Waals surface area contributed by atoms with Crippen LogP contribution in [0.4, 0.5) is 4.39 Å². The highest BCUT2D eigenvalue weighted by Gasteiger charge is 2.33. The number of rotatable bonds is 6. The first-order chi connectivity index (χ1) is 16.6. The van der Waals surface area contributed by atoms with Crippen LogP contribution in [-0.2, 0) is 21.4 Å². The second-order valence-electron chi connectivity index (χ2n) is 9.01. The third-order valence-corrected chi connectivity index (χ3v) is 8.22. The molecule has 8 heteroatoms. The van der Waals surface area contributed by atoms with E-state index >= 15 is 0 Å². The minimum atomic E-state index is -3.81. The summed E-state index contributed by atoms with van der Waals surface area (Å²) in [5.74, 6) is -1.52. The monoisotopic (exact) mass is 497 g/mol. The summed E-state index contributed by atoms with van der Waals surface area (Å²) < 4.78 is 47.9. The van der Waals surface area contributed by atoms with Gasteiger partial charge in [0.2, 0.25) is 10.0 Å². The number of fused-ring (bicyclic) bond motifs is 1. The number of carboxylic acids is 1. The second kappa shape index (κ2) is 9.79. The molecule has 1 unspecified atom stereocenters. The molecule has 1 N–H and O–H groups in total. The number of sulfonamides is 1. The lowest BCUT2D eigenvalue weighted by Crippen LogP contribution is -2.35. The van der Waals surface area contributed by atoms with E-state index in [0.29, 0.717) is 11.3 Å². The lowest BCUT2D eigenvalue weighted by atomic mass is 9.84. The van der Waals surface area contributed by atoms with E-state index in [4.69, 9.17) is 4.74 Å². The van der Waals surface area contributed by atoms with Crippen LogP contribution in [0.15, 0.2) is 65.6 Å². The van der Waals surface area contributed by atoms with E-state index in [9.17, 15) is 22.7 Å². The van der Waals surface area contributed by atoms with Gasteiger partial charge in [0.15, 0.2) is 0 Å². The first kappa shape index (κ1) is 24.9. The standard InChI is InChI=1S/C27H28FNO5S/c1-17-8-9-20(24(14-27(30)31)23-11-10-22(28)12-18(23)2)13-21(17)16-29-15-19(3)34-25-6-4-5-7-26(25)35(29,32)33/h4-13,19,24H,14-16H2,1-3H3,(H,30,31)/t19-,24?/m1/s1. The topological polar surface area (TPSA) is 83.9 Å². The molecular weight excluding hydrogens is 469 g/mol. The van der Waals surface area contributed by atoms with E-state index in [1.807, 2.05) is 32.0 Å². The SMILES string of the molecule is Cc1ccc(C(CC(=O)O)c2ccc(F)cc2C)cc1CN1C[C@@H](C)Oc2ccccc2S1(=O)=O. The maximum atomic E-state index is 13.7. The quantitative estimate of drug-likeness (QED) is 0.517. The molecule has 0 aliphatic carbocycles. The summed E-state index contributed by atoms with van der Waals surface area (Å²) in [5, 5.41) is 9.58. The molecule has 4 rings (SSSR count). The van der Waals surface area contributed by atoms with Crippen LogP contribution in [0.1, 0.15) is 47.1 Å². The van der Waals surface area contributed by atoms with Crippen LogP contribution in [0.2, 0.25) is 0 Å². The molecule has 0 saturated carbocycles. The highest BCUT2D eigenvalue weighted by atomic mass is 32.2. The first-order valence-electron chi connectivity index (χ1n) is 11.4. The van der Waals surface area contributed by atoms with Gasteiger partial charge in [-0.2, -0.15) is 4.31 Å². The molecule has 3 aromatic carbocycles. The molecule has 1 aliphatic heterocycles. The summed E-state index contributed by atoms with van der Waals surface area (Å²) in [7, 11) is -3.81. The molecule has 184 valence electrons. The van der Waals surface area contributed by atoms with Gasteiger partial charge < -0.3 is 9.84 Å². The zero-order valence-electron chi connectivity index (χ0n) is 19.9. The molecule has 0 amide bonds. The lowest BCUT2D eigenvalue weighted by molar-refractivity contribution is -0.137. The van der Waals surface area contributed by atoms with E-state index in [0.717, 1.165) is 22.3 Å². The Kier molecular flexibility index (Phi) is 6.96. The fraction of sp³-hybridized carbons (Fsp3) is 0.296. The molecule has 0 fully saturated rings. The van der Waals surface area contributed by atoms with Gasteiger partial charge in [0.1, 0.15) is 22.6 Å². The van der Waals surface area contributed by atoms with Gasteiger partial charge in [-0.25, -0.2) is 12.8 Å². The number of nitrogens with zero attached hydrogens (tertiary/aromatic N) is 1. The largest absolute Gasteiger partial charge is 0.488 e. The third kappa shape index (κ3) is 5.23. The molecule has 0 radical (unpaired) electrons. The Morgan fingerprint density at radius 1 is 1.11 bits per heavy atom. The number of hydrogen-bond donors (Lipinski definition) is 1. The average Bonchev–Trinajstić information content (AvgIpc) is 2.87. The average molecular weight is 498 g/mol. The van der Waals surface area contributed by atoms with Crippen molar-refractivity contribution < 1.29 is 27.4 Å². The van der Waals surface area contributed by atoms with Crippen LogP contribution in [0.3, 0.4) is 0 Å². The number of para-hydroxylation sites is 1. The van der Waals surface area contributed by atoms with Gasteiger partial charge in [-0.05, 0) is 72.9 Å². The summed E-state index contributed by atoms with van der Waals surface area (Å²) in [4.78, 5) is 11.8. The zero-order chi connectivity index (χ0) is 25.3. The predicted molar refractivity (Wildman–Crippen MR) is 131 cm³/mol. The van der Waals surface area contributed by atoms with Crippen LogP contribution >= 0.6 is 0 Å². The second-order valence-corrected chi connectivity index (χ2v) is 10.9. The van der Waals surface area contributed by atoms with Gasteiger partial charge in [0, 0.05) is 12.5 Å². The van der Waals surface area contributed by atoms with Crippen molar-refractivity contribution in [3.63, 3.8) is 0 Å². The van der Waals surface area contributed by atoms with E-state index in [-0.39, 0.29) is 36.3 Å². The van der Waals surface area contributed by atoms with Gasteiger partial charge in [-0.3, -0.25) is 4.79 Å². The van der Waals surface area contributed by atoms with Crippen molar-refractivity contribution in [2.75, 3.05) is 6.54 Å². The minimum absolute atomic E-state index is 0.117. The molecule has 35 heavy (non-hydrogen) atoms. The summed E-state index contributed by atoms with van der Waals surface area (Å²) in [6.45, 7) is 5.77. The smallest absolute Gasteiger partial charge is 0.304 e. The first-order valence-corrected chi connectivity index (χ1v) is 12.8. The zero-order valence-corrected chi connectivity index (χ0v) is 20.7. The van der Waals surface area contributed by atoms with Crippen molar-refractivity contribution in [3.8, 4) is 5.75 Å². The molecule has 0 bridgehead atoms. The Bertz CT molecular complexity index is 1370. The minimum Gasteiger partial charge on any atom is -0.488 e.